The van der Waals surface area contributed by atoms with E-state index < -0.39 is 0 Å². The predicted octanol–water partition coefficient (Wildman–Crippen LogP) is 2.99. The first-order chi connectivity index (χ1) is 11.9. The van der Waals surface area contributed by atoms with Crippen molar-refractivity contribution < 1.29 is 0 Å². The van der Waals surface area contributed by atoms with Crippen LogP contribution >= 0.6 is 11.3 Å². The second-order valence-corrected chi connectivity index (χ2v) is 7.85. The van der Waals surface area contributed by atoms with Gasteiger partial charge in [-0.3, -0.25) is 0 Å². The summed E-state index contributed by atoms with van der Waals surface area (Å²) >= 11 is 1.89. The molecule has 0 unspecified atom stereocenters. The molecule has 1 saturated carbocycles. The van der Waals surface area contributed by atoms with Gasteiger partial charge in [-0.1, -0.05) is 0 Å². The molecule has 7 heteroatoms. The van der Waals surface area contributed by atoms with Crippen LogP contribution in [0.25, 0.3) is 5.65 Å². The van der Waals surface area contributed by atoms with Crippen LogP contribution in [-0.2, 0) is 19.3 Å². The van der Waals surface area contributed by atoms with Crippen LogP contribution < -0.4 is 5.32 Å². The topological polar surface area (TPSA) is 68.0 Å². The fourth-order valence-electron chi connectivity index (χ4n) is 3.31. The van der Waals surface area contributed by atoms with Gasteiger partial charge in [-0.2, -0.15) is 4.52 Å². The smallest absolute Gasteiger partial charge is 0.178 e. The number of nitrogens with zero attached hydrogens (tertiary/aromatic N) is 5. The summed E-state index contributed by atoms with van der Waals surface area (Å²) < 4.78 is 1.89. The molecule has 0 aromatic carbocycles. The highest BCUT2D eigenvalue weighted by Gasteiger charge is 2.29. The fraction of sp³-hybridized carbons (Fsp3) is 0.529. The average Bonchev–Trinajstić information content (AvgIpc) is 3.22. The molecule has 0 atom stereocenters. The number of anilines is 1. The van der Waals surface area contributed by atoms with Crippen molar-refractivity contribution in [1.29, 1.82) is 0 Å². The molecule has 0 amide bonds. The SMILES string of the molecule is c1cc2nnc(C3CC3)n2nc1NCCc1nc2c(s1)CCCC2. The second kappa shape index (κ2) is 5.81. The van der Waals surface area contributed by atoms with Crippen LogP contribution in [0.2, 0.25) is 0 Å². The van der Waals surface area contributed by atoms with Crippen molar-refractivity contribution in [2.45, 2.75) is 50.9 Å². The third-order valence-electron chi connectivity index (χ3n) is 4.76. The molecule has 6 nitrogen and oxygen atoms in total. The molecule has 24 heavy (non-hydrogen) atoms. The van der Waals surface area contributed by atoms with Crippen molar-refractivity contribution in [2.24, 2.45) is 0 Å². The minimum absolute atomic E-state index is 0.546. The molecular weight excluding hydrogens is 320 g/mol. The number of aromatic nitrogens is 5. The van der Waals surface area contributed by atoms with E-state index in [4.69, 9.17) is 4.98 Å². The maximum absolute atomic E-state index is 4.80. The molecule has 3 aromatic rings. The monoisotopic (exact) mass is 340 g/mol. The lowest BCUT2D eigenvalue weighted by atomic mass is 10.0. The van der Waals surface area contributed by atoms with Gasteiger partial charge in [-0.05, 0) is 50.7 Å². The fourth-order valence-corrected chi connectivity index (χ4v) is 4.46. The molecule has 1 N–H and O–H groups in total. The van der Waals surface area contributed by atoms with Crippen molar-refractivity contribution >= 4 is 22.8 Å². The van der Waals surface area contributed by atoms with Crippen molar-refractivity contribution in [2.75, 3.05) is 11.9 Å². The molecule has 0 spiro atoms. The van der Waals surface area contributed by atoms with E-state index >= 15 is 0 Å². The Hall–Kier alpha value is -2.02. The molecule has 2 aliphatic carbocycles. The summed E-state index contributed by atoms with van der Waals surface area (Å²) in [6.45, 7) is 0.853. The lowest BCUT2D eigenvalue weighted by Crippen LogP contribution is -2.08. The Kier molecular flexibility index (Phi) is 3.47. The number of fused-ring (bicyclic) bond motifs is 2. The Bertz CT molecular complexity index is 855. The maximum atomic E-state index is 4.80. The zero-order valence-electron chi connectivity index (χ0n) is 13.5. The highest BCUT2D eigenvalue weighted by molar-refractivity contribution is 7.11. The van der Waals surface area contributed by atoms with Crippen LogP contribution in [-0.4, -0.2) is 31.3 Å². The van der Waals surface area contributed by atoms with E-state index in [9.17, 15) is 0 Å². The summed E-state index contributed by atoms with van der Waals surface area (Å²) in [5.41, 5.74) is 2.18. The zero-order chi connectivity index (χ0) is 15.9. The van der Waals surface area contributed by atoms with Crippen LogP contribution in [0.5, 0.6) is 0 Å². The Balaban J connectivity index is 1.27. The summed E-state index contributed by atoms with van der Waals surface area (Å²) in [6, 6.07) is 3.96. The Morgan fingerprint density at radius 3 is 2.96 bits per heavy atom. The Morgan fingerprint density at radius 1 is 1.17 bits per heavy atom. The van der Waals surface area contributed by atoms with Gasteiger partial charge in [0.05, 0.1) is 10.7 Å². The van der Waals surface area contributed by atoms with E-state index in [-0.39, 0.29) is 0 Å². The van der Waals surface area contributed by atoms with Gasteiger partial charge in [-0.15, -0.1) is 26.6 Å². The van der Waals surface area contributed by atoms with Crippen LogP contribution in [0.1, 0.15) is 53.0 Å². The van der Waals surface area contributed by atoms with E-state index in [1.54, 1.807) is 0 Å². The predicted molar refractivity (Wildman–Crippen MR) is 93.7 cm³/mol. The van der Waals surface area contributed by atoms with Gasteiger partial charge in [0.15, 0.2) is 11.5 Å². The largest absolute Gasteiger partial charge is 0.368 e. The third kappa shape index (κ3) is 2.66. The quantitative estimate of drug-likeness (QED) is 0.773. The number of hydrogen-bond donors (Lipinski definition) is 1. The van der Waals surface area contributed by atoms with Gasteiger partial charge in [-0.25, -0.2) is 4.98 Å². The molecule has 0 radical (unpaired) electrons. The molecule has 1 fully saturated rings. The first kappa shape index (κ1) is 14.3. The lowest BCUT2D eigenvalue weighted by molar-refractivity contribution is 0.680. The lowest BCUT2D eigenvalue weighted by Gasteiger charge is -2.06. The van der Waals surface area contributed by atoms with E-state index in [0.717, 1.165) is 36.7 Å². The molecule has 0 saturated heterocycles. The maximum Gasteiger partial charge on any atom is 0.178 e. The summed E-state index contributed by atoms with van der Waals surface area (Å²) in [7, 11) is 0. The number of aryl methyl sites for hydroxylation is 2. The third-order valence-corrected chi connectivity index (χ3v) is 5.98. The number of thiazole rings is 1. The van der Waals surface area contributed by atoms with Gasteiger partial charge >= 0.3 is 0 Å². The van der Waals surface area contributed by atoms with Crippen molar-refractivity contribution in [1.82, 2.24) is 24.8 Å². The number of hydrogen-bond acceptors (Lipinski definition) is 6. The minimum atomic E-state index is 0.546. The van der Waals surface area contributed by atoms with Gasteiger partial charge in [0, 0.05) is 23.8 Å². The van der Waals surface area contributed by atoms with E-state index in [0.29, 0.717) is 5.92 Å². The van der Waals surface area contributed by atoms with Gasteiger partial charge in [0.2, 0.25) is 0 Å². The first-order valence-corrected chi connectivity index (χ1v) is 9.62. The first-order valence-electron chi connectivity index (χ1n) is 8.80. The molecule has 3 heterocycles. The second-order valence-electron chi connectivity index (χ2n) is 6.68. The van der Waals surface area contributed by atoms with Crippen molar-refractivity contribution in [3.05, 3.63) is 33.5 Å². The van der Waals surface area contributed by atoms with Crippen molar-refractivity contribution in [3.8, 4) is 0 Å². The van der Waals surface area contributed by atoms with Crippen LogP contribution in [0.3, 0.4) is 0 Å². The summed E-state index contributed by atoms with van der Waals surface area (Å²) in [5.74, 6) is 2.43. The Labute approximate surface area is 144 Å². The van der Waals surface area contributed by atoms with Gasteiger partial charge < -0.3 is 5.32 Å². The van der Waals surface area contributed by atoms with Crippen LogP contribution in [0, 0.1) is 0 Å². The molecule has 0 aliphatic heterocycles. The molecule has 0 bridgehead atoms. The molecule has 124 valence electrons. The average molecular weight is 340 g/mol. The summed E-state index contributed by atoms with van der Waals surface area (Å²) in [6.07, 6.45) is 8.35. The number of nitrogens with one attached hydrogen (secondary N) is 1. The molecule has 2 aliphatic rings. The van der Waals surface area contributed by atoms with E-state index in [1.807, 2.05) is 28.0 Å². The Morgan fingerprint density at radius 2 is 2.08 bits per heavy atom. The summed E-state index contributed by atoms with van der Waals surface area (Å²) in [5, 5.41) is 17.8. The highest BCUT2D eigenvalue weighted by atomic mass is 32.1. The summed E-state index contributed by atoms with van der Waals surface area (Å²) in [4.78, 5) is 6.31. The normalized spacial score (nSPS) is 17.2. The molecule has 5 rings (SSSR count). The van der Waals surface area contributed by atoms with E-state index in [2.05, 4.69) is 20.6 Å². The minimum Gasteiger partial charge on any atom is -0.368 e. The highest BCUT2D eigenvalue weighted by Crippen LogP contribution is 2.38. The van der Waals surface area contributed by atoms with Crippen LogP contribution in [0.4, 0.5) is 5.82 Å². The van der Waals surface area contributed by atoms with Gasteiger partial charge in [0.25, 0.3) is 0 Å². The zero-order valence-corrected chi connectivity index (χ0v) is 14.3. The number of rotatable bonds is 5. The van der Waals surface area contributed by atoms with Crippen LogP contribution in [0.15, 0.2) is 12.1 Å². The van der Waals surface area contributed by atoms with Gasteiger partial charge in [0.1, 0.15) is 5.82 Å². The molecule has 3 aromatic heterocycles. The standard InChI is InChI=1S/C17H20N6S/c1-2-4-13-12(3-1)19-16(24-13)9-10-18-14-7-8-15-20-21-17(11-5-6-11)23(15)22-14/h7-8,11H,1-6,9-10H2,(H,18,22). The molecular formula is C17H20N6S. The van der Waals surface area contributed by atoms with Crippen molar-refractivity contribution in [3.63, 3.8) is 0 Å². The van der Waals surface area contributed by atoms with E-state index in [1.165, 1.54) is 47.7 Å².